The highest BCUT2D eigenvalue weighted by atomic mass is 35.5. The molecule has 0 unspecified atom stereocenters. The van der Waals surface area contributed by atoms with Crippen LogP contribution >= 0.6 is 11.6 Å². The summed E-state index contributed by atoms with van der Waals surface area (Å²) in [5.41, 5.74) is 5.61. The first kappa shape index (κ1) is 15.4. The largest absolute Gasteiger partial charge is 0.396 e. The van der Waals surface area contributed by atoms with Crippen molar-refractivity contribution >= 4 is 23.1 Å². The first-order valence-corrected chi connectivity index (χ1v) is 6.03. The number of nitrogen functional groups attached to an aromatic ring is 1. The summed E-state index contributed by atoms with van der Waals surface area (Å²) in [5, 5.41) is 19.7. The van der Waals surface area contributed by atoms with E-state index < -0.39 is 5.54 Å². The maximum atomic E-state index is 12.0. The van der Waals surface area contributed by atoms with Gasteiger partial charge in [-0.1, -0.05) is 11.6 Å². The van der Waals surface area contributed by atoms with Crippen LogP contribution in [0.2, 0.25) is 5.02 Å². The van der Waals surface area contributed by atoms with Gasteiger partial charge < -0.3 is 10.9 Å². The molecule has 0 fully saturated rings. The molecule has 0 aliphatic heterocycles. The normalized spacial score (nSPS) is 11.4. The van der Waals surface area contributed by atoms with E-state index in [4.69, 9.17) is 22.6 Å². The highest BCUT2D eigenvalue weighted by molar-refractivity contribution is 6.33. The zero-order chi connectivity index (χ0) is 14.8. The molecule has 19 heavy (non-hydrogen) atoms. The van der Waals surface area contributed by atoms with E-state index in [0.717, 1.165) is 5.06 Å². The van der Waals surface area contributed by atoms with Crippen LogP contribution in [0.25, 0.3) is 0 Å². The smallest absolute Gasteiger partial charge is 0.179 e. The lowest BCUT2D eigenvalue weighted by Crippen LogP contribution is -2.41. The zero-order valence-electron chi connectivity index (χ0n) is 11.1. The number of ketones is 1. The van der Waals surface area contributed by atoms with Crippen molar-refractivity contribution in [3.63, 3.8) is 0 Å². The van der Waals surface area contributed by atoms with E-state index in [-0.39, 0.29) is 34.2 Å². The minimum Gasteiger partial charge on any atom is -0.396 e. The summed E-state index contributed by atoms with van der Waals surface area (Å²) in [6, 6.07) is 4.65. The monoisotopic (exact) mass is 281 g/mol. The Morgan fingerprint density at radius 3 is 2.58 bits per heavy atom. The molecule has 102 valence electrons. The lowest BCUT2D eigenvalue weighted by atomic mass is 10.0. The first-order valence-electron chi connectivity index (χ1n) is 5.65. The van der Waals surface area contributed by atoms with Crippen molar-refractivity contribution in [1.29, 1.82) is 5.26 Å². The van der Waals surface area contributed by atoms with Crippen LogP contribution in [0, 0.1) is 11.3 Å². The van der Waals surface area contributed by atoms with Gasteiger partial charge in [0.05, 0.1) is 22.8 Å². The quantitative estimate of drug-likeness (QED) is 0.504. The van der Waals surface area contributed by atoms with E-state index >= 15 is 0 Å². The van der Waals surface area contributed by atoms with Crippen molar-refractivity contribution in [2.45, 2.75) is 26.3 Å². The van der Waals surface area contributed by atoms with Crippen LogP contribution in [-0.2, 0) is 0 Å². The van der Waals surface area contributed by atoms with Crippen molar-refractivity contribution in [1.82, 2.24) is 5.06 Å². The van der Waals surface area contributed by atoms with Crippen molar-refractivity contribution in [2.75, 3.05) is 12.3 Å². The maximum Gasteiger partial charge on any atom is 0.179 e. The minimum atomic E-state index is -0.550. The fraction of sp³-hybridized carbons (Fsp3) is 0.385. The summed E-state index contributed by atoms with van der Waals surface area (Å²) in [5.74, 6) is -0.337. The topological polar surface area (TPSA) is 90.3 Å². The summed E-state index contributed by atoms with van der Waals surface area (Å²) in [6.45, 7) is 5.14. The minimum absolute atomic E-state index is 0.149. The van der Waals surface area contributed by atoms with Crippen LogP contribution in [0.3, 0.4) is 0 Å². The van der Waals surface area contributed by atoms with E-state index in [0.29, 0.717) is 0 Å². The van der Waals surface area contributed by atoms with Crippen LogP contribution in [0.15, 0.2) is 12.1 Å². The fourth-order valence-electron chi connectivity index (χ4n) is 1.34. The average molecular weight is 282 g/mol. The molecule has 0 amide bonds. The van der Waals surface area contributed by atoms with Gasteiger partial charge in [0.25, 0.3) is 0 Å². The number of benzene rings is 1. The van der Waals surface area contributed by atoms with E-state index in [1.165, 1.54) is 12.1 Å². The summed E-state index contributed by atoms with van der Waals surface area (Å²) < 4.78 is 0. The summed E-state index contributed by atoms with van der Waals surface area (Å²) in [6.07, 6.45) is 0. The summed E-state index contributed by atoms with van der Waals surface area (Å²) in [7, 11) is 0. The molecule has 1 aromatic rings. The molecule has 1 aromatic carbocycles. The first-order chi connectivity index (χ1) is 8.66. The van der Waals surface area contributed by atoms with Crippen molar-refractivity contribution in [2.24, 2.45) is 0 Å². The Bertz CT molecular complexity index is 544. The van der Waals surface area contributed by atoms with Gasteiger partial charge in [-0.25, -0.2) is 0 Å². The van der Waals surface area contributed by atoms with Gasteiger partial charge in [0, 0.05) is 11.1 Å². The molecule has 0 radical (unpaired) electrons. The predicted molar refractivity (Wildman–Crippen MR) is 73.2 cm³/mol. The second-order valence-corrected chi connectivity index (χ2v) is 5.59. The Balaban J connectivity index is 3.02. The third kappa shape index (κ3) is 3.67. The number of nitrogens with two attached hydrogens (primary N) is 1. The molecule has 0 bridgehead atoms. The summed E-state index contributed by atoms with van der Waals surface area (Å²) in [4.78, 5) is 12.0. The second kappa shape index (κ2) is 5.57. The van der Waals surface area contributed by atoms with Crippen LogP contribution in [-0.4, -0.2) is 28.1 Å². The number of Topliss-reactive ketones (excluding diaryl/α,β-unsaturated/α-hetero) is 1. The molecule has 0 saturated heterocycles. The van der Waals surface area contributed by atoms with Gasteiger partial charge in [0.15, 0.2) is 5.78 Å². The highest BCUT2D eigenvalue weighted by Gasteiger charge is 2.23. The number of anilines is 1. The molecule has 1 rings (SSSR count). The predicted octanol–water partition coefficient (Wildman–Crippen LogP) is 2.47. The number of hydrogen-bond acceptors (Lipinski definition) is 5. The maximum absolute atomic E-state index is 12.0. The van der Waals surface area contributed by atoms with E-state index in [2.05, 4.69) is 0 Å². The Morgan fingerprint density at radius 2 is 2.11 bits per heavy atom. The average Bonchev–Trinajstić information content (AvgIpc) is 2.31. The van der Waals surface area contributed by atoms with Crippen LogP contribution in [0.5, 0.6) is 0 Å². The Labute approximate surface area is 117 Å². The van der Waals surface area contributed by atoms with Gasteiger partial charge in [-0.05, 0) is 32.9 Å². The molecule has 0 heterocycles. The van der Waals surface area contributed by atoms with Gasteiger partial charge in [-0.3, -0.25) is 4.79 Å². The fourth-order valence-corrected chi connectivity index (χ4v) is 1.56. The van der Waals surface area contributed by atoms with Crippen molar-refractivity contribution in [3.8, 4) is 6.07 Å². The molecule has 3 N–H and O–H groups in total. The molecule has 0 saturated carbocycles. The Kier molecular flexibility index (Phi) is 4.53. The Hall–Kier alpha value is -1.61. The van der Waals surface area contributed by atoms with Gasteiger partial charge in [-0.15, -0.1) is 0 Å². The molecule has 0 aliphatic rings. The number of hydrogen-bond donors (Lipinski definition) is 2. The van der Waals surface area contributed by atoms with E-state index in [1.807, 2.05) is 6.07 Å². The lowest BCUT2D eigenvalue weighted by Gasteiger charge is -2.28. The number of nitriles is 1. The number of rotatable bonds is 3. The van der Waals surface area contributed by atoms with Crippen molar-refractivity contribution < 1.29 is 10.0 Å². The zero-order valence-corrected chi connectivity index (χ0v) is 11.8. The van der Waals surface area contributed by atoms with E-state index in [9.17, 15) is 10.0 Å². The molecule has 6 heteroatoms. The lowest BCUT2D eigenvalue weighted by molar-refractivity contribution is -0.146. The number of carbonyl (C=O) groups is 1. The Morgan fingerprint density at radius 1 is 1.53 bits per heavy atom. The second-order valence-electron chi connectivity index (χ2n) is 5.18. The van der Waals surface area contributed by atoms with Gasteiger partial charge in [0.1, 0.15) is 6.07 Å². The highest BCUT2D eigenvalue weighted by Crippen LogP contribution is 2.25. The molecule has 5 nitrogen and oxygen atoms in total. The summed E-state index contributed by atoms with van der Waals surface area (Å²) >= 11 is 5.86. The van der Waals surface area contributed by atoms with Crippen LogP contribution in [0.1, 0.15) is 36.7 Å². The standard InChI is InChI=1S/C13H16ClN3O2/c1-13(2,3)17(19)7-11(18)8-4-9(6-15)12(16)10(14)5-8/h4-5,19H,7,16H2,1-3H3. The van der Waals surface area contributed by atoms with Crippen LogP contribution in [0.4, 0.5) is 5.69 Å². The molecular weight excluding hydrogens is 266 g/mol. The number of nitrogens with zero attached hydrogens (tertiary/aromatic N) is 2. The van der Waals surface area contributed by atoms with Gasteiger partial charge >= 0.3 is 0 Å². The molecule has 0 spiro atoms. The van der Waals surface area contributed by atoms with Gasteiger partial charge in [0.2, 0.25) is 0 Å². The van der Waals surface area contributed by atoms with Gasteiger partial charge in [-0.2, -0.15) is 10.3 Å². The third-order valence-electron chi connectivity index (χ3n) is 2.64. The third-order valence-corrected chi connectivity index (χ3v) is 2.95. The number of hydroxylamine groups is 2. The molecule has 0 aliphatic carbocycles. The van der Waals surface area contributed by atoms with Crippen molar-refractivity contribution in [3.05, 3.63) is 28.3 Å². The number of carbonyl (C=O) groups excluding carboxylic acids is 1. The molecular formula is C13H16ClN3O2. The molecule has 0 aromatic heterocycles. The van der Waals surface area contributed by atoms with E-state index in [1.54, 1.807) is 20.8 Å². The SMILES string of the molecule is CC(C)(C)N(O)CC(=O)c1cc(Cl)c(N)c(C#N)c1. The molecule has 0 atom stereocenters. The van der Waals surface area contributed by atoms with Crippen LogP contribution < -0.4 is 5.73 Å². The number of halogens is 1.